The summed E-state index contributed by atoms with van der Waals surface area (Å²) in [4.78, 5) is 17.8. The zero-order valence-electron chi connectivity index (χ0n) is 12.3. The first-order valence-corrected chi connectivity index (χ1v) is 6.88. The van der Waals surface area contributed by atoms with Crippen molar-refractivity contribution in [3.05, 3.63) is 23.4 Å². The van der Waals surface area contributed by atoms with Crippen molar-refractivity contribution >= 4 is 5.91 Å². The molecule has 6 nitrogen and oxygen atoms in total. The Morgan fingerprint density at radius 1 is 1.52 bits per heavy atom. The molecule has 1 aliphatic heterocycles. The minimum Gasteiger partial charge on any atom is -0.480 e. The number of carbonyl (C=O) groups is 1. The lowest BCUT2D eigenvalue weighted by atomic mass is 9.96. The van der Waals surface area contributed by atoms with Crippen LogP contribution in [-0.2, 0) is 16.0 Å². The molecule has 2 heterocycles. The number of carbonyl (C=O) groups excluding carboxylic acids is 1. The first kappa shape index (κ1) is 15.3. The molecule has 1 atom stereocenters. The molecule has 1 aromatic heterocycles. The van der Waals surface area contributed by atoms with Gasteiger partial charge in [-0.3, -0.25) is 4.79 Å². The fourth-order valence-corrected chi connectivity index (χ4v) is 2.64. The average molecular weight is 289 g/mol. The summed E-state index contributed by atoms with van der Waals surface area (Å²) in [5, 5.41) is 9.26. The largest absolute Gasteiger partial charge is 0.480 e. The molecule has 6 heteroatoms. The maximum atomic E-state index is 11.9. The SMILES string of the molecule is COCCN1C[C@H](Cc2ccnc(OC)c2C#N)CC1=O. The smallest absolute Gasteiger partial charge is 0.231 e. The van der Waals surface area contributed by atoms with E-state index in [1.165, 1.54) is 7.11 Å². The minimum atomic E-state index is 0.150. The normalized spacial score (nSPS) is 17.9. The number of nitriles is 1. The summed E-state index contributed by atoms with van der Waals surface area (Å²) in [7, 11) is 3.12. The molecule has 0 aliphatic carbocycles. The number of rotatable bonds is 6. The fourth-order valence-electron chi connectivity index (χ4n) is 2.64. The second-order valence-electron chi connectivity index (χ2n) is 5.07. The number of methoxy groups -OCH3 is 2. The molecule has 2 rings (SSSR count). The molecule has 1 amide bonds. The fraction of sp³-hybridized carbons (Fsp3) is 0.533. The molecule has 21 heavy (non-hydrogen) atoms. The molecule has 1 aromatic rings. The summed E-state index contributed by atoms with van der Waals surface area (Å²) in [6, 6.07) is 3.96. The van der Waals surface area contributed by atoms with Crippen molar-refractivity contribution in [3.8, 4) is 11.9 Å². The average Bonchev–Trinajstić information content (AvgIpc) is 2.84. The lowest BCUT2D eigenvalue weighted by Gasteiger charge is -2.16. The lowest BCUT2D eigenvalue weighted by Crippen LogP contribution is -2.29. The number of likely N-dealkylation sites (tertiary alicyclic amines) is 1. The number of pyridine rings is 1. The van der Waals surface area contributed by atoms with Gasteiger partial charge in [-0.2, -0.15) is 5.26 Å². The predicted octanol–water partition coefficient (Wildman–Crippen LogP) is 0.999. The van der Waals surface area contributed by atoms with Crippen LogP contribution in [0.5, 0.6) is 5.88 Å². The van der Waals surface area contributed by atoms with Crippen LogP contribution in [0.4, 0.5) is 0 Å². The van der Waals surface area contributed by atoms with E-state index in [1.54, 1.807) is 13.3 Å². The van der Waals surface area contributed by atoms with Gasteiger partial charge < -0.3 is 14.4 Å². The van der Waals surface area contributed by atoms with Gasteiger partial charge in [-0.1, -0.05) is 0 Å². The van der Waals surface area contributed by atoms with Crippen LogP contribution < -0.4 is 4.74 Å². The quantitative estimate of drug-likeness (QED) is 0.781. The Morgan fingerprint density at radius 3 is 3.00 bits per heavy atom. The van der Waals surface area contributed by atoms with Crippen LogP contribution in [0, 0.1) is 17.2 Å². The van der Waals surface area contributed by atoms with Gasteiger partial charge in [0.15, 0.2) is 0 Å². The van der Waals surface area contributed by atoms with Gasteiger partial charge in [0, 0.05) is 32.8 Å². The van der Waals surface area contributed by atoms with E-state index < -0.39 is 0 Å². The molecule has 0 radical (unpaired) electrons. The van der Waals surface area contributed by atoms with E-state index in [-0.39, 0.29) is 11.8 Å². The van der Waals surface area contributed by atoms with E-state index in [0.29, 0.717) is 44.0 Å². The molecule has 0 saturated carbocycles. The summed E-state index contributed by atoms with van der Waals surface area (Å²) >= 11 is 0. The Hall–Kier alpha value is -2.13. The van der Waals surface area contributed by atoms with Crippen molar-refractivity contribution in [2.24, 2.45) is 5.92 Å². The molecule has 0 N–H and O–H groups in total. The van der Waals surface area contributed by atoms with Gasteiger partial charge in [-0.15, -0.1) is 0 Å². The van der Waals surface area contributed by atoms with Gasteiger partial charge in [-0.05, 0) is 24.0 Å². The van der Waals surface area contributed by atoms with Gasteiger partial charge >= 0.3 is 0 Å². The Bertz CT molecular complexity index is 554. The number of nitrogens with zero attached hydrogens (tertiary/aromatic N) is 3. The molecule has 0 aromatic carbocycles. The Labute approximate surface area is 124 Å². The van der Waals surface area contributed by atoms with Crippen molar-refractivity contribution in [3.63, 3.8) is 0 Å². The van der Waals surface area contributed by atoms with Gasteiger partial charge in [-0.25, -0.2) is 4.98 Å². The third-order valence-electron chi connectivity index (χ3n) is 3.68. The van der Waals surface area contributed by atoms with Crippen LogP contribution in [0.15, 0.2) is 12.3 Å². The van der Waals surface area contributed by atoms with Crippen molar-refractivity contribution in [1.82, 2.24) is 9.88 Å². The minimum absolute atomic E-state index is 0.150. The monoisotopic (exact) mass is 289 g/mol. The third-order valence-corrected chi connectivity index (χ3v) is 3.68. The summed E-state index contributed by atoms with van der Waals surface area (Å²) in [6.45, 7) is 1.87. The number of amides is 1. The number of ether oxygens (including phenoxy) is 2. The Morgan fingerprint density at radius 2 is 2.33 bits per heavy atom. The maximum Gasteiger partial charge on any atom is 0.231 e. The van der Waals surface area contributed by atoms with E-state index in [9.17, 15) is 10.1 Å². The maximum absolute atomic E-state index is 11.9. The highest BCUT2D eigenvalue weighted by molar-refractivity contribution is 5.78. The van der Waals surface area contributed by atoms with Crippen molar-refractivity contribution in [2.75, 3.05) is 33.9 Å². The molecule has 0 bridgehead atoms. The van der Waals surface area contributed by atoms with Gasteiger partial charge in [0.1, 0.15) is 11.6 Å². The highest BCUT2D eigenvalue weighted by Crippen LogP contribution is 2.26. The van der Waals surface area contributed by atoms with E-state index in [0.717, 1.165) is 5.56 Å². The van der Waals surface area contributed by atoms with Crippen molar-refractivity contribution < 1.29 is 14.3 Å². The number of hydrogen-bond donors (Lipinski definition) is 0. The first-order valence-electron chi connectivity index (χ1n) is 6.88. The van der Waals surface area contributed by atoms with Crippen molar-refractivity contribution in [2.45, 2.75) is 12.8 Å². The summed E-state index contributed by atoms with van der Waals surface area (Å²) in [5.74, 6) is 0.709. The second kappa shape index (κ2) is 7.04. The van der Waals surface area contributed by atoms with E-state index in [2.05, 4.69) is 11.1 Å². The van der Waals surface area contributed by atoms with Gasteiger partial charge in [0.2, 0.25) is 11.8 Å². The van der Waals surface area contributed by atoms with Gasteiger partial charge in [0.25, 0.3) is 0 Å². The molecule has 0 unspecified atom stereocenters. The first-order chi connectivity index (χ1) is 10.2. The van der Waals surface area contributed by atoms with Gasteiger partial charge in [0.05, 0.1) is 13.7 Å². The zero-order valence-corrected chi connectivity index (χ0v) is 12.3. The van der Waals surface area contributed by atoms with Crippen LogP contribution in [0.3, 0.4) is 0 Å². The molecule has 1 fully saturated rings. The topological polar surface area (TPSA) is 75.5 Å². The lowest BCUT2D eigenvalue weighted by molar-refractivity contribution is -0.128. The van der Waals surface area contributed by atoms with Crippen LogP contribution in [-0.4, -0.2) is 49.7 Å². The van der Waals surface area contributed by atoms with Crippen LogP contribution in [0.1, 0.15) is 17.5 Å². The molecule has 1 saturated heterocycles. The van der Waals surface area contributed by atoms with E-state index >= 15 is 0 Å². The summed E-state index contributed by atoms with van der Waals surface area (Å²) in [5.41, 5.74) is 1.35. The zero-order chi connectivity index (χ0) is 15.2. The Balaban J connectivity index is 2.07. The third kappa shape index (κ3) is 3.50. The van der Waals surface area contributed by atoms with Crippen molar-refractivity contribution in [1.29, 1.82) is 5.26 Å². The molecule has 0 spiro atoms. The van der Waals surface area contributed by atoms with Crippen LogP contribution in [0.25, 0.3) is 0 Å². The summed E-state index contributed by atoms with van der Waals surface area (Å²) in [6.07, 6.45) is 2.82. The summed E-state index contributed by atoms with van der Waals surface area (Å²) < 4.78 is 10.1. The number of hydrogen-bond acceptors (Lipinski definition) is 5. The van der Waals surface area contributed by atoms with Crippen LogP contribution in [0.2, 0.25) is 0 Å². The standard InChI is InChI=1S/C15H19N3O3/c1-20-6-5-18-10-11(8-14(18)19)7-12-3-4-17-15(21-2)13(12)9-16/h3-4,11H,5-8,10H2,1-2H3/t11-/m1/s1. The molecule has 1 aliphatic rings. The molecular formula is C15H19N3O3. The molecule has 112 valence electrons. The highest BCUT2D eigenvalue weighted by atomic mass is 16.5. The number of aromatic nitrogens is 1. The highest BCUT2D eigenvalue weighted by Gasteiger charge is 2.30. The molecular weight excluding hydrogens is 270 g/mol. The van der Waals surface area contributed by atoms with E-state index in [4.69, 9.17) is 9.47 Å². The van der Waals surface area contributed by atoms with Crippen LogP contribution >= 0.6 is 0 Å². The predicted molar refractivity (Wildman–Crippen MR) is 75.8 cm³/mol. The Kier molecular flexibility index (Phi) is 5.12. The van der Waals surface area contributed by atoms with E-state index in [1.807, 2.05) is 11.0 Å². The second-order valence-corrected chi connectivity index (χ2v) is 5.07.